The van der Waals surface area contributed by atoms with E-state index >= 15 is 0 Å². The minimum absolute atomic E-state index is 0.127. The Hall–Kier alpha value is -1.54. The van der Waals surface area contributed by atoms with Gasteiger partial charge < -0.3 is 14.9 Å². The largest absolute Gasteiger partial charge is 0.469 e. The summed E-state index contributed by atoms with van der Waals surface area (Å²) >= 11 is 0. The van der Waals surface area contributed by atoms with Crippen LogP contribution in [0.25, 0.3) is 0 Å². The van der Waals surface area contributed by atoms with Crippen LogP contribution in [0.15, 0.2) is 23.8 Å². The molecule has 0 amide bonds. The number of rotatable bonds is 8. The number of allylic oxidation sites excluding steroid dienone is 1. The summed E-state index contributed by atoms with van der Waals surface area (Å²) in [6, 6.07) is 4.00. The molecule has 0 spiro atoms. The van der Waals surface area contributed by atoms with E-state index in [4.69, 9.17) is 4.74 Å². The van der Waals surface area contributed by atoms with Crippen LogP contribution < -0.4 is 4.72 Å². The van der Waals surface area contributed by atoms with Gasteiger partial charge in [0.2, 0.25) is 0 Å². The molecule has 1 saturated carbocycles. The Balaban J connectivity index is 1.64. The minimum Gasteiger partial charge on any atom is -0.469 e. The average Bonchev–Trinajstić information content (AvgIpc) is 3.27. The van der Waals surface area contributed by atoms with E-state index < -0.39 is 33.8 Å². The second-order valence-corrected chi connectivity index (χ2v) is 15.6. The highest BCUT2D eigenvalue weighted by Crippen LogP contribution is 2.60. The first kappa shape index (κ1) is 30.4. The molecule has 9 atom stereocenters. The summed E-state index contributed by atoms with van der Waals surface area (Å²) in [6.45, 7) is 14.2. The van der Waals surface area contributed by atoms with Crippen molar-refractivity contribution >= 4 is 17.0 Å². The highest BCUT2D eigenvalue weighted by molar-refractivity contribution is 7.84. The summed E-state index contributed by atoms with van der Waals surface area (Å²) in [5.74, 6) is 0.0905. The Bertz CT molecular complexity index is 1140. The molecule has 4 rings (SSSR count). The number of nitrogens with one attached hydrogen (secondary N) is 1. The van der Waals surface area contributed by atoms with E-state index in [2.05, 4.69) is 43.7 Å². The molecular formula is C32H49NO5S. The Labute approximate surface area is 237 Å². The molecule has 0 aromatic heterocycles. The minimum atomic E-state index is -1.39. The van der Waals surface area contributed by atoms with Gasteiger partial charge in [0.05, 0.1) is 47.0 Å². The fraction of sp³-hybridized carbons (Fsp3) is 0.719. The predicted molar refractivity (Wildman–Crippen MR) is 157 cm³/mol. The number of benzene rings is 1. The Kier molecular flexibility index (Phi) is 8.88. The number of methoxy groups -OCH3 is 1. The lowest BCUT2D eigenvalue weighted by molar-refractivity contribution is -0.146. The Morgan fingerprint density at radius 3 is 2.59 bits per heavy atom. The number of aliphatic hydroxyl groups is 2. The monoisotopic (exact) mass is 559 g/mol. The molecule has 39 heavy (non-hydrogen) atoms. The normalized spacial score (nSPS) is 30.2. The van der Waals surface area contributed by atoms with Gasteiger partial charge in [-0.2, -0.15) is 0 Å². The van der Waals surface area contributed by atoms with Crippen LogP contribution in [0.5, 0.6) is 0 Å². The van der Waals surface area contributed by atoms with E-state index in [1.807, 2.05) is 20.8 Å². The second-order valence-electron chi connectivity index (χ2n) is 13.6. The Morgan fingerprint density at radius 2 is 1.95 bits per heavy atom. The number of carbonyl (C=O) groups is 1. The van der Waals surface area contributed by atoms with Gasteiger partial charge in [0, 0.05) is 5.92 Å². The molecule has 1 fully saturated rings. The van der Waals surface area contributed by atoms with Gasteiger partial charge in [0.25, 0.3) is 0 Å². The van der Waals surface area contributed by atoms with Crippen molar-refractivity contribution in [1.29, 1.82) is 0 Å². The number of hydrogen-bond acceptors (Lipinski definition) is 5. The first-order valence-corrected chi connectivity index (χ1v) is 15.8. The van der Waals surface area contributed by atoms with Crippen molar-refractivity contribution in [2.24, 2.45) is 17.3 Å². The van der Waals surface area contributed by atoms with E-state index in [1.165, 1.54) is 29.4 Å². The zero-order valence-electron chi connectivity index (χ0n) is 25.0. The lowest BCUT2D eigenvalue weighted by atomic mass is 9.57. The number of hydrogen-bond donors (Lipinski definition) is 3. The molecule has 1 unspecified atom stereocenters. The number of ether oxygens (including phenoxy) is 1. The van der Waals surface area contributed by atoms with Crippen molar-refractivity contribution in [2.45, 2.75) is 122 Å². The molecule has 0 radical (unpaired) electrons. The third kappa shape index (κ3) is 5.79. The molecule has 0 heterocycles. The van der Waals surface area contributed by atoms with Crippen LogP contribution >= 0.6 is 0 Å². The SMILES string of the molecule is COC(=O)[C@@H](C)C[C@@H](O)[C@@H](NS(=O)C(C)(C)C)[C@@H](C)c1ccc2c(c1C)C[C@H]1[C@H]2CC=C2C[C@@H](O)CC[C@@]21C. The van der Waals surface area contributed by atoms with E-state index in [0.717, 1.165) is 37.7 Å². The van der Waals surface area contributed by atoms with Crippen molar-refractivity contribution in [3.05, 3.63) is 46.0 Å². The van der Waals surface area contributed by atoms with Crippen LogP contribution in [-0.4, -0.2) is 50.5 Å². The van der Waals surface area contributed by atoms with E-state index in [9.17, 15) is 19.2 Å². The molecule has 6 nitrogen and oxygen atoms in total. The third-order valence-electron chi connectivity index (χ3n) is 10.1. The summed E-state index contributed by atoms with van der Waals surface area (Å²) in [5.41, 5.74) is 6.85. The van der Waals surface area contributed by atoms with Crippen molar-refractivity contribution in [3.63, 3.8) is 0 Å². The summed E-state index contributed by atoms with van der Waals surface area (Å²) in [7, 11) is -0.0291. The maximum Gasteiger partial charge on any atom is 0.308 e. The molecule has 0 saturated heterocycles. The smallest absolute Gasteiger partial charge is 0.308 e. The summed E-state index contributed by atoms with van der Waals surface area (Å²) in [6.07, 6.45) is 6.31. The maximum atomic E-state index is 13.2. The fourth-order valence-electron chi connectivity index (χ4n) is 7.49. The highest BCUT2D eigenvalue weighted by Gasteiger charge is 2.50. The molecule has 0 aliphatic heterocycles. The van der Waals surface area contributed by atoms with Crippen LogP contribution in [0.3, 0.4) is 0 Å². The molecule has 1 aromatic carbocycles. The molecule has 3 aliphatic carbocycles. The van der Waals surface area contributed by atoms with Crippen LogP contribution in [-0.2, 0) is 26.9 Å². The standard InChI is InChI=1S/C32H49NO5S/c1-18(30(36)38-8)15-28(35)29(33-39(37)31(4,5)6)20(3)23-11-12-24-25-10-9-21-16-22(34)13-14-32(21,7)27(25)17-26(24)19(23)2/h9,11-12,18,20,22,25,27-29,33-35H,10,13-17H2,1-8H3/t18-,20-,22-,25-,27-,28+,29-,32-,39?/m0/s1. The quantitative estimate of drug-likeness (QED) is 0.300. The first-order valence-electron chi connectivity index (χ1n) is 14.6. The van der Waals surface area contributed by atoms with Crippen LogP contribution in [0, 0.1) is 24.2 Å². The topological polar surface area (TPSA) is 95.9 Å². The van der Waals surface area contributed by atoms with E-state index in [-0.39, 0.29) is 29.8 Å². The summed E-state index contributed by atoms with van der Waals surface area (Å²) in [5, 5.41) is 21.7. The van der Waals surface area contributed by atoms with Gasteiger partial charge in [-0.3, -0.25) is 4.79 Å². The summed E-state index contributed by atoms with van der Waals surface area (Å²) < 4.78 is 20.8. The van der Waals surface area contributed by atoms with Crippen molar-refractivity contribution in [1.82, 2.24) is 4.72 Å². The number of fused-ring (bicyclic) bond motifs is 5. The predicted octanol–water partition coefficient (Wildman–Crippen LogP) is 5.22. The molecule has 7 heteroatoms. The van der Waals surface area contributed by atoms with Gasteiger partial charge in [0.1, 0.15) is 0 Å². The summed E-state index contributed by atoms with van der Waals surface area (Å²) in [4.78, 5) is 12.1. The number of carbonyl (C=O) groups excluding carboxylic acids is 1. The molecule has 3 N–H and O–H groups in total. The van der Waals surface area contributed by atoms with Crippen LogP contribution in [0.4, 0.5) is 0 Å². The lowest BCUT2D eigenvalue weighted by Gasteiger charge is -2.48. The number of esters is 1. The molecule has 0 bridgehead atoms. The molecule has 3 aliphatic rings. The Morgan fingerprint density at radius 1 is 1.26 bits per heavy atom. The van der Waals surface area contributed by atoms with Crippen molar-refractivity contribution in [3.8, 4) is 0 Å². The van der Waals surface area contributed by atoms with Gasteiger partial charge in [-0.1, -0.05) is 44.6 Å². The lowest BCUT2D eigenvalue weighted by Crippen LogP contribution is -2.49. The molecule has 1 aromatic rings. The zero-order chi connectivity index (χ0) is 28.9. The van der Waals surface area contributed by atoms with Gasteiger partial charge in [-0.05, 0) is 106 Å². The maximum absolute atomic E-state index is 13.2. The van der Waals surface area contributed by atoms with Crippen molar-refractivity contribution < 1.29 is 24.0 Å². The van der Waals surface area contributed by atoms with E-state index in [1.54, 1.807) is 6.92 Å². The van der Waals surface area contributed by atoms with Crippen LogP contribution in [0.2, 0.25) is 0 Å². The molecule has 218 valence electrons. The fourth-order valence-corrected chi connectivity index (χ4v) is 8.45. The second kappa shape index (κ2) is 11.4. The van der Waals surface area contributed by atoms with Gasteiger partial charge >= 0.3 is 5.97 Å². The average molecular weight is 560 g/mol. The highest BCUT2D eigenvalue weighted by atomic mass is 32.2. The first-order chi connectivity index (χ1) is 18.2. The van der Waals surface area contributed by atoms with Gasteiger partial charge in [-0.25, -0.2) is 8.93 Å². The zero-order valence-corrected chi connectivity index (χ0v) is 25.9. The van der Waals surface area contributed by atoms with Gasteiger partial charge in [-0.15, -0.1) is 0 Å². The van der Waals surface area contributed by atoms with Crippen LogP contribution in [0.1, 0.15) is 108 Å². The third-order valence-corrected chi connectivity index (χ3v) is 11.6. The van der Waals surface area contributed by atoms with Gasteiger partial charge in [0.15, 0.2) is 0 Å². The number of aliphatic hydroxyl groups excluding tert-OH is 2. The molecular weight excluding hydrogens is 510 g/mol. The van der Waals surface area contributed by atoms with Crippen molar-refractivity contribution in [2.75, 3.05) is 7.11 Å². The van der Waals surface area contributed by atoms with E-state index in [0.29, 0.717) is 11.8 Å².